The Morgan fingerprint density at radius 3 is 2.54 bits per heavy atom. The van der Waals surface area contributed by atoms with Crippen molar-refractivity contribution in [2.75, 3.05) is 6.61 Å². The predicted molar refractivity (Wildman–Crippen MR) is 47.3 cm³/mol. The van der Waals surface area contributed by atoms with Crippen LogP contribution in [-0.4, -0.2) is 23.7 Å². The fourth-order valence-corrected chi connectivity index (χ4v) is 0.976. The third kappa shape index (κ3) is 7.31. The van der Waals surface area contributed by atoms with Gasteiger partial charge in [-0.15, -0.1) is 0 Å². The molecule has 0 aliphatic heterocycles. The van der Waals surface area contributed by atoms with Gasteiger partial charge in [0.15, 0.2) is 0 Å². The lowest BCUT2D eigenvalue weighted by Gasteiger charge is -2.08. The van der Waals surface area contributed by atoms with Gasteiger partial charge in [0, 0.05) is 12.8 Å². The highest BCUT2D eigenvalue weighted by Crippen LogP contribution is 2.10. The Bertz CT molecular complexity index is 176. The van der Waals surface area contributed by atoms with Crippen molar-refractivity contribution in [1.29, 1.82) is 0 Å². The third-order valence-corrected chi connectivity index (χ3v) is 1.67. The minimum atomic E-state index is -0.823. The van der Waals surface area contributed by atoms with Crippen LogP contribution in [0.2, 0.25) is 0 Å². The van der Waals surface area contributed by atoms with E-state index < -0.39 is 5.97 Å². The van der Waals surface area contributed by atoms with E-state index in [1.54, 1.807) is 6.92 Å². The van der Waals surface area contributed by atoms with E-state index in [0.717, 1.165) is 0 Å². The number of aliphatic carboxylic acids is 1. The van der Waals surface area contributed by atoms with E-state index in [1.807, 2.05) is 6.92 Å². The number of carbonyl (C=O) groups is 2. The fourth-order valence-electron chi connectivity index (χ4n) is 0.976. The molecule has 0 amide bonds. The lowest BCUT2D eigenvalue weighted by Crippen LogP contribution is -2.10. The highest BCUT2D eigenvalue weighted by molar-refractivity contribution is 5.70. The molecule has 0 spiro atoms. The van der Waals surface area contributed by atoms with E-state index >= 15 is 0 Å². The maximum atomic E-state index is 10.9. The molecule has 1 N–H and O–H groups in total. The standard InChI is InChI=1S/C9H16O4/c1-3-13-9(12)6-7(2)4-5-8(10)11/h7H,3-6H2,1-2H3,(H,10,11). The van der Waals surface area contributed by atoms with Gasteiger partial charge in [-0.3, -0.25) is 9.59 Å². The van der Waals surface area contributed by atoms with Crippen molar-refractivity contribution in [3.63, 3.8) is 0 Å². The second-order valence-electron chi connectivity index (χ2n) is 3.05. The van der Waals surface area contributed by atoms with Gasteiger partial charge in [-0.2, -0.15) is 0 Å². The normalized spacial score (nSPS) is 12.2. The summed E-state index contributed by atoms with van der Waals surface area (Å²) in [5.41, 5.74) is 0. The molecule has 0 rings (SSSR count). The molecular formula is C9H16O4. The summed E-state index contributed by atoms with van der Waals surface area (Å²) in [4.78, 5) is 21.1. The zero-order chi connectivity index (χ0) is 10.3. The number of carbonyl (C=O) groups excluding carboxylic acids is 1. The number of hydrogen-bond acceptors (Lipinski definition) is 3. The van der Waals surface area contributed by atoms with Gasteiger partial charge in [-0.25, -0.2) is 0 Å². The Morgan fingerprint density at radius 2 is 2.08 bits per heavy atom. The second-order valence-corrected chi connectivity index (χ2v) is 3.05. The molecule has 76 valence electrons. The van der Waals surface area contributed by atoms with E-state index in [1.165, 1.54) is 0 Å². The number of esters is 1. The largest absolute Gasteiger partial charge is 0.481 e. The van der Waals surface area contributed by atoms with Gasteiger partial charge in [-0.05, 0) is 19.3 Å². The molecule has 0 aromatic heterocycles. The van der Waals surface area contributed by atoms with Crippen molar-refractivity contribution in [3.05, 3.63) is 0 Å². The molecule has 1 unspecified atom stereocenters. The Morgan fingerprint density at radius 1 is 1.46 bits per heavy atom. The second kappa shape index (κ2) is 6.46. The Hall–Kier alpha value is -1.06. The van der Waals surface area contributed by atoms with Crippen LogP contribution < -0.4 is 0 Å². The molecule has 4 nitrogen and oxygen atoms in total. The van der Waals surface area contributed by atoms with Crippen molar-refractivity contribution in [2.24, 2.45) is 5.92 Å². The van der Waals surface area contributed by atoms with Crippen molar-refractivity contribution in [3.8, 4) is 0 Å². The van der Waals surface area contributed by atoms with Crippen LogP contribution in [0.25, 0.3) is 0 Å². The first-order valence-corrected chi connectivity index (χ1v) is 4.43. The van der Waals surface area contributed by atoms with Gasteiger partial charge in [0.05, 0.1) is 6.61 Å². The van der Waals surface area contributed by atoms with Crippen LogP contribution in [0, 0.1) is 5.92 Å². The Labute approximate surface area is 77.9 Å². The van der Waals surface area contributed by atoms with E-state index in [0.29, 0.717) is 19.4 Å². The minimum absolute atomic E-state index is 0.0788. The van der Waals surface area contributed by atoms with E-state index in [4.69, 9.17) is 9.84 Å². The van der Waals surface area contributed by atoms with E-state index in [2.05, 4.69) is 0 Å². The quantitative estimate of drug-likeness (QED) is 0.640. The topological polar surface area (TPSA) is 63.6 Å². The zero-order valence-corrected chi connectivity index (χ0v) is 8.08. The third-order valence-electron chi connectivity index (χ3n) is 1.67. The first kappa shape index (κ1) is 11.9. The molecule has 0 aliphatic carbocycles. The van der Waals surface area contributed by atoms with Crippen LogP contribution in [0.15, 0.2) is 0 Å². The first-order chi connectivity index (χ1) is 6.06. The first-order valence-electron chi connectivity index (χ1n) is 4.43. The van der Waals surface area contributed by atoms with Crippen LogP contribution in [-0.2, 0) is 14.3 Å². The molecule has 0 aromatic rings. The fraction of sp³-hybridized carbons (Fsp3) is 0.778. The molecule has 0 saturated carbocycles. The molecule has 0 heterocycles. The predicted octanol–water partition coefficient (Wildman–Crippen LogP) is 1.44. The van der Waals surface area contributed by atoms with E-state index in [-0.39, 0.29) is 18.3 Å². The van der Waals surface area contributed by atoms with Gasteiger partial charge >= 0.3 is 11.9 Å². The molecular weight excluding hydrogens is 172 g/mol. The summed E-state index contributed by atoms with van der Waals surface area (Å²) in [5, 5.41) is 8.38. The highest BCUT2D eigenvalue weighted by atomic mass is 16.5. The Balaban J connectivity index is 3.55. The molecule has 0 aliphatic rings. The van der Waals surface area contributed by atoms with Gasteiger partial charge in [0.25, 0.3) is 0 Å². The molecule has 0 saturated heterocycles. The van der Waals surface area contributed by atoms with Crippen molar-refractivity contribution < 1.29 is 19.4 Å². The summed E-state index contributed by atoms with van der Waals surface area (Å²) in [6.07, 6.45) is 0.940. The van der Waals surface area contributed by atoms with Gasteiger partial charge in [-0.1, -0.05) is 6.92 Å². The number of rotatable bonds is 6. The summed E-state index contributed by atoms with van der Waals surface area (Å²) in [7, 11) is 0. The number of carboxylic acids is 1. The highest BCUT2D eigenvalue weighted by Gasteiger charge is 2.10. The molecule has 0 fully saturated rings. The molecule has 4 heteroatoms. The SMILES string of the molecule is CCOC(=O)CC(C)CCC(=O)O. The van der Waals surface area contributed by atoms with Crippen LogP contribution in [0.5, 0.6) is 0 Å². The van der Waals surface area contributed by atoms with Crippen molar-refractivity contribution in [1.82, 2.24) is 0 Å². The molecule has 13 heavy (non-hydrogen) atoms. The number of ether oxygens (including phenoxy) is 1. The zero-order valence-electron chi connectivity index (χ0n) is 8.08. The number of hydrogen-bond donors (Lipinski definition) is 1. The summed E-state index contributed by atoms with van der Waals surface area (Å²) in [6.45, 7) is 3.98. The monoisotopic (exact) mass is 188 g/mol. The molecule has 1 atom stereocenters. The molecule has 0 radical (unpaired) electrons. The molecule has 0 bridgehead atoms. The maximum absolute atomic E-state index is 10.9. The maximum Gasteiger partial charge on any atom is 0.306 e. The van der Waals surface area contributed by atoms with Crippen LogP contribution in [0.3, 0.4) is 0 Å². The van der Waals surface area contributed by atoms with Gasteiger partial charge in [0.2, 0.25) is 0 Å². The average molecular weight is 188 g/mol. The summed E-state index contributed by atoms with van der Waals surface area (Å²) in [6, 6.07) is 0. The summed E-state index contributed by atoms with van der Waals surface area (Å²) >= 11 is 0. The molecule has 0 aromatic carbocycles. The average Bonchev–Trinajstić information content (AvgIpc) is 2.01. The lowest BCUT2D eigenvalue weighted by atomic mass is 10.0. The Kier molecular flexibility index (Phi) is 5.93. The van der Waals surface area contributed by atoms with Crippen molar-refractivity contribution in [2.45, 2.75) is 33.1 Å². The van der Waals surface area contributed by atoms with Gasteiger partial charge in [0.1, 0.15) is 0 Å². The lowest BCUT2D eigenvalue weighted by molar-refractivity contribution is -0.145. The van der Waals surface area contributed by atoms with Gasteiger partial charge < -0.3 is 9.84 Å². The van der Waals surface area contributed by atoms with E-state index in [9.17, 15) is 9.59 Å². The smallest absolute Gasteiger partial charge is 0.306 e. The van der Waals surface area contributed by atoms with Crippen LogP contribution >= 0.6 is 0 Å². The minimum Gasteiger partial charge on any atom is -0.481 e. The summed E-state index contributed by atoms with van der Waals surface area (Å²) in [5.74, 6) is -0.994. The van der Waals surface area contributed by atoms with Crippen molar-refractivity contribution >= 4 is 11.9 Å². The number of carboxylic acid groups (broad SMARTS) is 1. The van der Waals surface area contributed by atoms with Crippen LogP contribution in [0.1, 0.15) is 33.1 Å². The summed E-state index contributed by atoms with van der Waals surface area (Å²) < 4.78 is 4.73. The van der Waals surface area contributed by atoms with Crippen LogP contribution in [0.4, 0.5) is 0 Å².